The topological polar surface area (TPSA) is 192 Å². The molecule has 12 heteroatoms. The molecule has 0 aliphatic carbocycles. The Hall–Kier alpha value is -3.67. The van der Waals surface area contributed by atoms with Crippen LogP contribution in [-0.4, -0.2) is 60.9 Å². The van der Waals surface area contributed by atoms with Crippen molar-refractivity contribution >= 4 is 18.0 Å². The maximum atomic E-state index is 12.6. The summed E-state index contributed by atoms with van der Waals surface area (Å²) >= 11 is 0. The number of carbonyl (C=O) groups excluding carboxylic acids is 1. The molecule has 1 aromatic carbocycles. The lowest BCUT2D eigenvalue weighted by atomic mass is 10.1. The summed E-state index contributed by atoms with van der Waals surface area (Å²) in [4.78, 5) is 40.3. The van der Waals surface area contributed by atoms with Crippen LogP contribution in [0.4, 0.5) is 4.79 Å². The molecule has 1 fully saturated rings. The summed E-state index contributed by atoms with van der Waals surface area (Å²) in [7, 11) is 0. The highest BCUT2D eigenvalue weighted by molar-refractivity contribution is 5.86. The summed E-state index contributed by atoms with van der Waals surface area (Å²) in [6, 6.07) is 3.15. The second kappa shape index (κ2) is 9.43. The maximum Gasteiger partial charge on any atom is 0.326 e. The minimum absolute atomic E-state index is 0.146. The van der Waals surface area contributed by atoms with Crippen LogP contribution in [0.5, 0.6) is 5.75 Å². The van der Waals surface area contributed by atoms with Crippen molar-refractivity contribution in [1.29, 1.82) is 0 Å². The number of hydrogen-bond acceptors (Lipinski definition) is 8. The fourth-order valence-electron chi connectivity index (χ4n) is 3.38. The number of nitrogens with two attached hydrogens (primary N) is 1. The average molecular weight is 433 g/mol. The first-order valence-corrected chi connectivity index (χ1v) is 9.63. The largest absolute Gasteiger partial charge is 0.508 e. The number of rotatable bonds is 8. The van der Waals surface area contributed by atoms with E-state index in [1.807, 2.05) is 0 Å². The van der Waals surface area contributed by atoms with Gasteiger partial charge in [0.15, 0.2) is 5.82 Å². The van der Waals surface area contributed by atoms with Gasteiger partial charge in [-0.1, -0.05) is 17.3 Å². The number of likely N-dealkylation sites (tertiary alicyclic amines) is 1. The standard InChI is InChI=1S/C19H23N5O7/c20-12(8-10-3-5-11(25)6-4-10)16-22-17(31-23-16)14-2-1-7-24(14)19(30)21-13(18(28)29)9-15(26)27/h3-6,12-14,25H,1-2,7-9,20H2,(H,21,30)(H,26,27)(H,28,29)/t12-,13-,14?/m0/s1. The van der Waals surface area contributed by atoms with E-state index in [9.17, 15) is 19.5 Å². The molecule has 31 heavy (non-hydrogen) atoms. The molecule has 12 nitrogen and oxygen atoms in total. The summed E-state index contributed by atoms with van der Waals surface area (Å²) in [5, 5.41) is 33.5. The number of carbonyl (C=O) groups is 3. The van der Waals surface area contributed by atoms with E-state index in [-0.39, 0.29) is 17.5 Å². The lowest BCUT2D eigenvalue weighted by Gasteiger charge is -2.24. The van der Waals surface area contributed by atoms with Crippen LogP contribution in [0, 0.1) is 0 Å². The van der Waals surface area contributed by atoms with E-state index in [1.165, 1.54) is 4.90 Å². The van der Waals surface area contributed by atoms with E-state index in [2.05, 4.69) is 15.5 Å². The molecular weight excluding hydrogens is 410 g/mol. The van der Waals surface area contributed by atoms with Gasteiger partial charge in [-0.15, -0.1) is 0 Å². The first-order valence-electron chi connectivity index (χ1n) is 9.63. The maximum absolute atomic E-state index is 12.6. The van der Waals surface area contributed by atoms with Crippen LogP contribution in [0.25, 0.3) is 0 Å². The van der Waals surface area contributed by atoms with E-state index >= 15 is 0 Å². The second-order valence-electron chi connectivity index (χ2n) is 7.26. The van der Waals surface area contributed by atoms with Gasteiger partial charge in [0.2, 0.25) is 5.89 Å². The number of hydrogen-bond donors (Lipinski definition) is 5. The number of aliphatic carboxylic acids is 2. The summed E-state index contributed by atoms with van der Waals surface area (Å²) in [5.41, 5.74) is 7.03. The number of amides is 2. The summed E-state index contributed by atoms with van der Waals surface area (Å²) in [5.74, 6) is -2.20. The fourth-order valence-corrected chi connectivity index (χ4v) is 3.38. The molecular formula is C19H23N5O7. The Morgan fingerprint density at radius 3 is 2.61 bits per heavy atom. The van der Waals surface area contributed by atoms with Crippen LogP contribution in [0.2, 0.25) is 0 Å². The van der Waals surface area contributed by atoms with E-state index in [4.69, 9.17) is 20.5 Å². The number of carboxylic acid groups (broad SMARTS) is 2. The molecule has 3 atom stereocenters. The van der Waals surface area contributed by atoms with Gasteiger partial charge in [-0.25, -0.2) is 9.59 Å². The molecule has 1 aliphatic rings. The molecule has 0 radical (unpaired) electrons. The lowest BCUT2D eigenvalue weighted by molar-refractivity contribution is -0.145. The highest BCUT2D eigenvalue weighted by Crippen LogP contribution is 2.31. The van der Waals surface area contributed by atoms with Crippen molar-refractivity contribution in [2.75, 3.05) is 6.54 Å². The molecule has 1 aliphatic heterocycles. The number of phenolic OH excluding ortho intramolecular Hbond substituents is 1. The number of urea groups is 1. The molecule has 3 rings (SSSR count). The van der Waals surface area contributed by atoms with Crippen LogP contribution in [-0.2, 0) is 16.0 Å². The van der Waals surface area contributed by atoms with Gasteiger partial charge in [-0.3, -0.25) is 4.79 Å². The van der Waals surface area contributed by atoms with Gasteiger partial charge in [0.1, 0.15) is 17.8 Å². The molecule has 2 heterocycles. The predicted octanol–water partition coefficient (Wildman–Crippen LogP) is 0.792. The summed E-state index contributed by atoms with van der Waals surface area (Å²) in [6.07, 6.45) is 0.824. The predicted molar refractivity (Wildman–Crippen MR) is 104 cm³/mol. The van der Waals surface area contributed by atoms with Crippen molar-refractivity contribution in [3.05, 3.63) is 41.5 Å². The van der Waals surface area contributed by atoms with Gasteiger partial charge >= 0.3 is 18.0 Å². The van der Waals surface area contributed by atoms with E-state index in [0.29, 0.717) is 25.8 Å². The van der Waals surface area contributed by atoms with Crippen molar-refractivity contribution in [3.63, 3.8) is 0 Å². The van der Waals surface area contributed by atoms with Gasteiger partial charge in [-0.05, 0) is 37.0 Å². The number of aromatic hydroxyl groups is 1. The number of nitrogens with one attached hydrogen (secondary N) is 1. The Labute approximate surface area is 176 Å². The van der Waals surface area contributed by atoms with Gasteiger partial charge in [0.05, 0.1) is 12.5 Å². The van der Waals surface area contributed by atoms with Crippen LogP contribution in [0.1, 0.15) is 48.6 Å². The Bertz CT molecular complexity index is 945. The summed E-state index contributed by atoms with van der Waals surface area (Å²) in [6.45, 7) is 0.327. The monoisotopic (exact) mass is 433 g/mol. The molecule has 2 aromatic rings. The third kappa shape index (κ3) is 5.48. The molecule has 166 valence electrons. The molecule has 6 N–H and O–H groups in total. The van der Waals surface area contributed by atoms with Crippen LogP contribution in [0.15, 0.2) is 28.8 Å². The van der Waals surface area contributed by atoms with Crippen molar-refractivity contribution < 1.29 is 34.2 Å². The Balaban J connectivity index is 1.67. The molecule has 1 saturated heterocycles. The molecule has 0 spiro atoms. The minimum atomic E-state index is -1.55. The zero-order valence-corrected chi connectivity index (χ0v) is 16.5. The highest BCUT2D eigenvalue weighted by atomic mass is 16.5. The molecule has 1 unspecified atom stereocenters. The van der Waals surface area contributed by atoms with E-state index in [0.717, 1.165) is 5.56 Å². The first-order chi connectivity index (χ1) is 14.7. The van der Waals surface area contributed by atoms with Gasteiger partial charge in [0.25, 0.3) is 0 Å². The van der Waals surface area contributed by atoms with Crippen molar-refractivity contribution in [2.45, 2.75) is 43.8 Å². The zero-order chi connectivity index (χ0) is 22.5. The molecule has 2 amide bonds. The normalized spacial score (nSPS) is 17.8. The minimum Gasteiger partial charge on any atom is -0.508 e. The van der Waals surface area contributed by atoms with E-state index < -0.39 is 42.5 Å². The molecule has 0 saturated carbocycles. The third-order valence-corrected chi connectivity index (χ3v) is 4.95. The number of phenols is 1. The van der Waals surface area contributed by atoms with Crippen LogP contribution < -0.4 is 11.1 Å². The molecule has 1 aromatic heterocycles. The summed E-state index contributed by atoms with van der Waals surface area (Å²) < 4.78 is 5.31. The Kier molecular flexibility index (Phi) is 6.70. The fraction of sp³-hybridized carbons (Fsp3) is 0.421. The van der Waals surface area contributed by atoms with Gasteiger partial charge in [0, 0.05) is 6.54 Å². The number of nitrogens with zero attached hydrogens (tertiary/aromatic N) is 3. The van der Waals surface area contributed by atoms with Gasteiger partial charge < -0.3 is 35.8 Å². The number of aromatic nitrogens is 2. The SMILES string of the molecule is N[C@@H](Cc1ccc(O)cc1)c1noc(C2CCCN2C(=O)N[C@@H](CC(=O)O)C(=O)O)n1. The first kappa shape index (κ1) is 22.0. The Morgan fingerprint density at radius 1 is 1.26 bits per heavy atom. The third-order valence-electron chi connectivity index (χ3n) is 4.95. The number of benzene rings is 1. The highest BCUT2D eigenvalue weighted by Gasteiger charge is 2.36. The average Bonchev–Trinajstić information content (AvgIpc) is 3.38. The Morgan fingerprint density at radius 2 is 1.97 bits per heavy atom. The zero-order valence-electron chi connectivity index (χ0n) is 16.5. The quantitative estimate of drug-likeness (QED) is 0.397. The lowest BCUT2D eigenvalue weighted by Crippen LogP contribution is -2.48. The van der Waals surface area contributed by atoms with Crippen molar-refractivity contribution in [3.8, 4) is 5.75 Å². The second-order valence-corrected chi connectivity index (χ2v) is 7.26. The van der Waals surface area contributed by atoms with Crippen LogP contribution in [0.3, 0.4) is 0 Å². The molecule has 0 bridgehead atoms. The van der Waals surface area contributed by atoms with Crippen molar-refractivity contribution in [2.24, 2.45) is 5.73 Å². The van der Waals surface area contributed by atoms with Crippen LogP contribution >= 0.6 is 0 Å². The number of carboxylic acids is 2. The van der Waals surface area contributed by atoms with Gasteiger partial charge in [-0.2, -0.15) is 4.98 Å². The van der Waals surface area contributed by atoms with Crippen molar-refractivity contribution in [1.82, 2.24) is 20.4 Å². The van der Waals surface area contributed by atoms with E-state index in [1.54, 1.807) is 24.3 Å². The smallest absolute Gasteiger partial charge is 0.326 e.